The molecular formula is C17H21NO2. The zero-order valence-electron chi connectivity index (χ0n) is 12.4. The Morgan fingerprint density at radius 1 is 0.900 bits per heavy atom. The normalized spacial score (nSPS) is 12.1. The van der Waals surface area contributed by atoms with Crippen LogP contribution in [-0.2, 0) is 0 Å². The molecule has 2 aromatic rings. The first-order chi connectivity index (χ1) is 9.56. The number of aryl methyl sites for hydroxylation is 1. The van der Waals surface area contributed by atoms with Crippen LogP contribution < -0.4 is 15.2 Å². The number of ether oxygens (including phenoxy) is 2. The molecule has 2 N–H and O–H groups in total. The number of benzene rings is 2. The maximum atomic E-state index is 5.98. The second-order valence-electron chi connectivity index (χ2n) is 4.95. The summed E-state index contributed by atoms with van der Waals surface area (Å²) < 4.78 is 10.9. The molecule has 1 atom stereocenters. The molecule has 20 heavy (non-hydrogen) atoms. The van der Waals surface area contributed by atoms with E-state index in [-0.39, 0.29) is 6.04 Å². The molecule has 0 saturated carbocycles. The van der Waals surface area contributed by atoms with E-state index in [1.807, 2.05) is 31.2 Å². The third kappa shape index (κ3) is 2.78. The van der Waals surface area contributed by atoms with E-state index in [2.05, 4.69) is 19.1 Å². The second-order valence-corrected chi connectivity index (χ2v) is 4.95. The van der Waals surface area contributed by atoms with Crippen LogP contribution >= 0.6 is 0 Å². The molecule has 0 fully saturated rings. The van der Waals surface area contributed by atoms with E-state index in [4.69, 9.17) is 15.2 Å². The SMILES string of the molecule is COc1ccc(C)cc1-c1cc(C(C)N)ccc1OC. The predicted octanol–water partition coefficient (Wildman–Crippen LogP) is 3.70. The van der Waals surface area contributed by atoms with Gasteiger partial charge in [0.2, 0.25) is 0 Å². The van der Waals surface area contributed by atoms with Crippen molar-refractivity contribution >= 4 is 0 Å². The zero-order valence-corrected chi connectivity index (χ0v) is 12.4. The Kier molecular flexibility index (Phi) is 4.30. The second kappa shape index (κ2) is 5.97. The molecule has 0 aromatic heterocycles. The fourth-order valence-corrected chi connectivity index (χ4v) is 2.25. The Morgan fingerprint density at radius 2 is 1.45 bits per heavy atom. The van der Waals surface area contributed by atoms with E-state index in [0.717, 1.165) is 28.2 Å². The van der Waals surface area contributed by atoms with Gasteiger partial charge in [0.25, 0.3) is 0 Å². The zero-order chi connectivity index (χ0) is 14.7. The highest BCUT2D eigenvalue weighted by atomic mass is 16.5. The minimum Gasteiger partial charge on any atom is -0.496 e. The Balaban J connectivity index is 2.66. The molecule has 0 aliphatic carbocycles. The molecule has 0 saturated heterocycles. The summed E-state index contributed by atoms with van der Waals surface area (Å²) in [6, 6.07) is 12.1. The summed E-state index contributed by atoms with van der Waals surface area (Å²) in [6.07, 6.45) is 0. The van der Waals surface area contributed by atoms with Crippen molar-refractivity contribution in [3.8, 4) is 22.6 Å². The molecule has 0 aliphatic heterocycles. The molecule has 0 heterocycles. The molecule has 0 amide bonds. The van der Waals surface area contributed by atoms with Gasteiger partial charge in [0.15, 0.2) is 0 Å². The molecule has 3 nitrogen and oxygen atoms in total. The van der Waals surface area contributed by atoms with E-state index >= 15 is 0 Å². The first kappa shape index (κ1) is 14.4. The number of methoxy groups -OCH3 is 2. The average molecular weight is 271 g/mol. The van der Waals surface area contributed by atoms with Gasteiger partial charge in [-0.15, -0.1) is 0 Å². The molecule has 1 unspecified atom stereocenters. The Bertz CT molecular complexity index is 606. The Labute approximate surface area is 120 Å². The lowest BCUT2D eigenvalue weighted by Gasteiger charge is -2.16. The van der Waals surface area contributed by atoms with Crippen molar-refractivity contribution in [1.29, 1.82) is 0 Å². The minimum atomic E-state index is -0.0181. The van der Waals surface area contributed by atoms with Crippen LogP contribution in [0.3, 0.4) is 0 Å². The highest BCUT2D eigenvalue weighted by Gasteiger charge is 2.13. The Morgan fingerprint density at radius 3 is 2.00 bits per heavy atom. The smallest absolute Gasteiger partial charge is 0.126 e. The van der Waals surface area contributed by atoms with E-state index in [0.29, 0.717) is 0 Å². The van der Waals surface area contributed by atoms with Crippen LogP contribution in [0.4, 0.5) is 0 Å². The van der Waals surface area contributed by atoms with Gasteiger partial charge in [0.05, 0.1) is 14.2 Å². The monoisotopic (exact) mass is 271 g/mol. The van der Waals surface area contributed by atoms with Gasteiger partial charge in [-0.2, -0.15) is 0 Å². The molecule has 0 radical (unpaired) electrons. The maximum absolute atomic E-state index is 5.98. The van der Waals surface area contributed by atoms with Gasteiger partial charge in [0, 0.05) is 17.2 Å². The van der Waals surface area contributed by atoms with Gasteiger partial charge >= 0.3 is 0 Å². The third-order valence-corrected chi connectivity index (χ3v) is 3.39. The summed E-state index contributed by atoms with van der Waals surface area (Å²) in [7, 11) is 3.35. The van der Waals surface area contributed by atoms with Crippen LogP contribution in [0.1, 0.15) is 24.1 Å². The first-order valence-electron chi connectivity index (χ1n) is 6.65. The van der Waals surface area contributed by atoms with Crippen LogP contribution in [0.5, 0.6) is 11.5 Å². The third-order valence-electron chi connectivity index (χ3n) is 3.39. The van der Waals surface area contributed by atoms with Crippen molar-refractivity contribution in [2.24, 2.45) is 5.73 Å². The van der Waals surface area contributed by atoms with E-state index in [1.54, 1.807) is 14.2 Å². The maximum Gasteiger partial charge on any atom is 0.126 e. The highest BCUT2D eigenvalue weighted by Crippen LogP contribution is 2.38. The number of rotatable bonds is 4. The fraction of sp³-hybridized carbons (Fsp3) is 0.294. The topological polar surface area (TPSA) is 44.5 Å². The van der Waals surface area contributed by atoms with Crippen molar-refractivity contribution in [3.05, 3.63) is 47.5 Å². The van der Waals surface area contributed by atoms with E-state index < -0.39 is 0 Å². The van der Waals surface area contributed by atoms with E-state index in [1.165, 1.54) is 5.56 Å². The predicted molar refractivity (Wildman–Crippen MR) is 82.3 cm³/mol. The Hall–Kier alpha value is -2.00. The summed E-state index contributed by atoms with van der Waals surface area (Å²) in [5.74, 6) is 1.65. The lowest BCUT2D eigenvalue weighted by molar-refractivity contribution is 0.410. The van der Waals surface area contributed by atoms with Crippen molar-refractivity contribution in [1.82, 2.24) is 0 Å². The van der Waals surface area contributed by atoms with E-state index in [9.17, 15) is 0 Å². The molecule has 106 valence electrons. The van der Waals surface area contributed by atoms with Crippen LogP contribution in [0.2, 0.25) is 0 Å². The number of hydrogen-bond acceptors (Lipinski definition) is 3. The molecule has 2 rings (SSSR count). The van der Waals surface area contributed by atoms with Crippen LogP contribution in [0, 0.1) is 6.92 Å². The summed E-state index contributed by atoms with van der Waals surface area (Å²) in [5.41, 5.74) is 10.3. The van der Waals surface area contributed by atoms with Crippen LogP contribution in [-0.4, -0.2) is 14.2 Å². The molecule has 3 heteroatoms. The summed E-state index contributed by atoms with van der Waals surface area (Å²) in [6.45, 7) is 4.03. The largest absolute Gasteiger partial charge is 0.496 e. The fourth-order valence-electron chi connectivity index (χ4n) is 2.25. The summed E-state index contributed by atoms with van der Waals surface area (Å²) >= 11 is 0. The van der Waals surface area contributed by atoms with Gasteiger partial charge in [0.1, 0.15) is 11.5 Å². The van der Waals surface area contributed by atoms with Gasteiger partial charge in [-0.1, -0.05) is 17.7 Å². The average Bonchev–Trinajstić information content (AvgIpc) is 2.46. The molecule has 2 aromatic carbocycles. The quantitative estimate of drug-likeness (QED) is 0.922. The molecular weight excluding hydrogens is 250 g/mol. The lowest BCUT2D eigenvalue weighted by atomic mass is 9.97. The van der Waals surface area contributed by atoms with Gasteiger partial charge in [-0.05, 0) is 43.7 Å². The van der Waals surface area contributed by atoms with Gasteiger partial charge in [-0.25, -0.2) is 0 Å². The van der Waals surface area contributed by atoms with Gasteiger partial charge in [-0.3, -0.25) is 0 Å². The standard InChI is InChI=1S/C17H21NO2/c1-11-5-7-16(19-3)14(9-11)15-10-13(12(2)18)6-8-17(15)20-4/h5-10,12H,18H2,1-4H3. The summed E-state index contributed by atoms with van der Waals surface area (Å²) in [5, 5.41) is 0. The molecule has 0 bridgehead atoms. The van der Waals surface area contributed by atoms with Gasteiger partial charge < -0.3 is 15.2 Å². The molecule has 0 spiro atoms. The minimum absolute atomic E-state index is 0.0181. The lowest BCUT2D eigenvalue weighted by Crippen LogP contribution is -2.05. The summed E-state index contributed by atoms with van der Waals surface area (Å²) in [4.78, 5) is 0. The molecule has 0 aliphatic rings. The number of hydrogen-bond donors (Lipinski definition) is 1. The first-order valence-corrected chi connectivity index (χ1v) is 6.65. The van der Waals surface area contributed by atoms with Crippen molar-refractivity contribution < 1.29 is 9.47 Å². The number of nitrogens with two attached hydrogens (primary N) is 1. The van der Waals surface area contributed by atoms with Crippen LogP contribution in [0.15, 0.2) is 36.4 Å². The van der Waals surface area contributed by atoms with Crippen molar-refractivity contribution in [2.45, 2.75) is 19.9 Å². The highest BCUT2D eigenvalue weighted by molar-refractivity contribution is 5.77. The van der Waals surface area contributed by atoms with Crippen LogP contribution in [0.25, 0.3) is 11.1 Å². The van der Waals surface area contributed by atoms with Crippen molar-refractivity contribution in [2.75, 3.05) is 14.2 Å². The van der Waals surface area contributed by atoms with Crippen molar-refractivity contribution in [3.63, 3.8) is 0 Å².